The molecule has 7 heteroatoms. The maximum atomic E-state index is 11.1. The standard InChI is InChI=1S/C20H16N4O3/c21-20-19-18(23-16(12-17(25)26)24(19)11-10-22-20)13-6-8-15(9-7-13)27-14-4-2-1-3-5-14/h1-11H,12H2,(H2,21,22)(H,25,26). The van der Waals surface area contributed by atoms with Crippen molar-refractivity contribution in [3.05, 3.63) is 72.8 Å². The third-order valence-electron chi connectivity index (χ3n) is 4.07. The maximum absolute atomic E-state index is 11.1. The first kappa shape index (κ1) is 16.6. The van der Waals surface area contributed by atoms with Crippen LogP contribution >= 0.6 is 0 Å². The average Bonchev–Trinajstić information content (AvgIpc) is 3.02. The summed E-state index contributed by atoms with van der Waals surface area (Å²) in [6, 6.07) is 16.9. The molecule has 0 atom stereocenters. The van der Waals surface area contributed by atoms with Crippen molar-refractivity contribution in [1.29, 1.82) is 0 Å². The fraction of sp³-hybridized carbons (Fsp3) is 0.0500. The lowest BCUT2D eigenvalue weighted by Gasteiger charge is -2.06. The van der Waals surface area contributed by atoms with Crippen molar-refractivity contribution in [2.75, 3.05) is 5.73 Å². The molecule has 2 aromatic carbocycles. The van der Waals surface area contributed by atoms with Crippen molar-refractivity contribution in [2.45, 2.75) is 6.42 Å². The van der Waals surface area contributed by atoms with Gasteiger partial charge in [0.1, 0.15) is 40.8 Å². The van der Waals surface area contributed by atoms with Gasteiger partial charge < -0.3 is 15.6 Å². The van der Waals surface area contributed by atoms with E-state index in [0.717, 1.165) is 11.3 Å². The number of para-hydroxylation sites is 1. The molecule has 0 aliphatic carbocycles. The number of ether oxygens (including phenoxy) is 1. The molecule has 2 heterocycles. The molecular formula is C20H16N4O3. The number of carbonyl (C=O) groups is 1. The Bertz CT molecular complexity index is 1110. The highest BCUT2D eigenvalue weighted by Crippen LogP contribution is 2.30. The van der Waals surface area contributed by atoms with E-state index in [9.17, 15) is 4.79 Å². The van der Waals surface area contributed by atoms with Crippen molar-refractivity contribution in [2.24, 2.45) is 0 Å². The molecule has 7 nitrogen and oxygen atoms in total. The lowest BCUT2D eigenvalue weighted by Crippen LogP contribution is -2.05. The molecule has 134 valence electrons. The van der Waals surface area contributed by atoms with Gasteiger partial charge >= 0.3 is 5.97 Å². The fourth-order valence-electron chi connectivity index (χ4n) is 2.89. The second-order valence-electron chi connectivity index (χ2n) is 5.92. The van der Waals surface area contributed by atoms with E-state index < -0.39 is 5.97 Å². The van der Waals surface area contributed by atoms with Crippen LogP contribution in [0, 0.1) is 0 Å². The first-order valence-electron chi connectivity index (χ1n) is 8.28. The number of nitrogens with two attached hydrogens (primary N) is 1. The first-order chi connectivity index (χ1) is 13.1. The van der Waals surface area contributed by atoms with Crippen LogP contribution < -0.4 is 10.5 Å². The third kappa shape index (κ3) is 3.30. The summed E-state index contributed by atoms with van der Waals surface area (Å²) in [6.07, 6.45) is 2.98. The quantitative estimate of drug-likeness (QED) is 0.565. The molecular weight excluding hydrogens is 344 g/mol. The summed E-state index contributed by atoms with van der Waals surface area (Å²) in [5.74, 6) is 1.16. The van der Waals surface area contributed by atoms with Crippen LogP contribution in [0.3, 0.4) is 0 Å². The predicted octanol–water partition coefficient (Wildman–Crippen LogP) is 3.40. The van der Waals surface area contributed by atoms with E-state index in [-0.39, 0.29) is 6.42 Å². The molecule has 0 bridgehead atoms. The molecule has 0 unspecified atom stereocenters. The number of aromatic nitrogens is 3. The van der Waals surface area contributed by atoms with Crippen LogP contribution in [0.25, 0.3) is 16.8 Å². The summed E-state index contributed by atoms with van der Waals surface area (Å²) in [5, 5.41) is 9.14. The van der Waals surface area contributed by atoms with Gasteiger partial charge in [-0.3, -0.25) is 9.20 Å². The molecule has 4 rings (SSSR count). The Balaban J connectivity index is 1.72. The van der Waals surface area contributed by atoms with Crippen molar-refractivity contribution < 1.29 is 14.6 Å². The van der Waals surface area contributed by atoms with E-state index in [0.29, 0.717) is 28.6 Å². The predicted molar refractivity (Wildman–Crippen MR) is 101 cm³/mol. The number of carboxylic acids is 1. The molecule has 0 saturated heterocycles. The molecule has 0 radical (unpaired) electrons. The number of hydrogen-bond acceptors (Lipinski definition) is 5. The van der Waals surface area contributed by atoms with Gasteiger partial charge in [-0.05, 0) is 36.4 Å². The number of rotatable bonds is 5. The molecule has 4 aromatic rings. The Kier molecular flexibility index (Phi) is 4.18. The first-order valence-corrected chi connectivity index (χ1v) is 8.28. The van der Waals surface area contributed by atoms with Gasteiger partial charge in [0, 0.05) is 18.0 Å². The van der Waals surface area contributed by atoms with E-state index >= 15 is 0 Å². The number of aliphatic carboxylic acids is 1. The summed E-state index contributed by atoms with van der Waals surface area (Å²) in [4.78, 5) is 19.7. The zero-order valence-corrected chi connectivity index (χ0v) is 14.2. The minimum atomic E-state index is -0.963. The molecule has 0 aliphatic rings. The van der Waals surface area contributed by atoms with Gasteiger partial charge in [0.05, 0.1) is 0 Å². The van der Waals surface area contributed by atoms with E-state index in [1.807, 2.05) is 54.6 Å². The normalized spacial score (nSPS) is 10.8. The van der Waals surface area contributed by atoms with Crippen LogP contribution in [-0.4, -0.2) is 25.4 Å². The Hall–Kier alpha value is -3.87. The van der Waals surface area contributed by atoms with Crippen LogP contribution in [0.2, 0.25) is 0 Å². The molecule has 0 amide bonds. The van der Waals surface area contributed by atoms with E-state index in [4.69, 9.17) is 15.6 Å². The number of carboxylic acid groups (broad SMARTS) is 1. The topological polar surface area (TPSA) is 103 Å². The van der Waals surface area contributed by atoms with Crippen molar-refractivity contribution in [3.8, 4) is 22.8 Å². The van der Waals surface area contributed by atoms with Crippen molar-refractivity contribution in [3.63, 3.8) is 0 Å². The van der Waals surface area contributed by atoms with Crippen molar-refractivity contribution in [1.82, 2.24) is 14.4 Å². The second kappa shape index (κ2) is 6.80. The Morgan fingerprint density at radius 3 is 2.48 bits per heavy atom. The number of nitrogen functional groups attached to an aromatic ring is 1. The summed E-state index contributed by atoms with van der Waals surface area (Å²) in [5.41, 5.74) is 8.00. The molecule has 2 aromatic heterocycles. The minimum absolute atomic E-state index is 0.209. The van der Waals surface area contributed by atoms with Gasteiger partial charge in [0.2, 0.25) is 0 Å². The minimum Gasteiger partial charge on any atom is -0.481 e. The molecule has 0 fully saturated rings. The third-order valence-corrected chi connectivity index (χ3v) is 4.07. The molecule has 0 saturated carbocycles. The number of benzene rings is 2. The Morgan fingerprint density at radius 1 is 1.07 bits per heavy atom. The molecule has 27 heavy (non-hydrogen) atoms. The molecule has 3 N–H and O–H groups in total. The van der Waals surface area contributed by atoms with Gasteiger partial charge in [0.15, 0.2) is 0 Å². The monoisotopic (exact) mass is 360 g/mol. The highest BCUT2D eigenvalue weighted by molar-refractivity contribution is 5.86. The van der Waals surface area contributed by atoms with E-state index in [1.54, 1.807) is 10.6 Å². The number of fused-ring (bicyclic) bond motifs is 1. The largest absolute Gasteiger partial charge is 0.481 e. The molecule has 0 aliphatic heterocycles. The van der Waals surface area contributed by atoms with Crippen LogP contribution in [0.1, 0.15) is 5.82 Å². The van der Waals surface area contributed by atoms with Gasteiger partial charge in [-0.1, -0.05) is 18.2 Å². The number of anilines is 1. The number of imidazole rings is 1. The zero-order chi connectivity index (χ0) is 18.8. The van der Waals surface area contributed by atoms with Crippen molar-refractivity contribution >= 4 is 17.3 Å². The zero-order valence-electron chi connectivity index (χ0n) is 14.2. The number of hydrogen-bond donors (Lipinski definition) is 2. The fourth-order valence-corrected chi connectivity index (χ4v) is 2.89. The SMILES string of the molecule is Nc1nccn2c(CC(=O)O)nc(-c3ccc(Oc4ccccc4)cc3)c12. The Morgan fingerprint density at radius 2 is 1.78 bits per heavy atom. The highest BCUT2D eigenvalue weighted by atomic mass is 16.5. The van der Waals surface area contributed by atoms with Gasteiger partial charge in [-0.15, -0.1) is 0 Å². The van der Waals surface area contributed by atoms with E-state index in [1.165, 1.54) is 6.20 Å². The van der Waals surface area contributed by atoms with Crippen LogP contribution in [0.4, 0.5) is 5.82 Å². The van der Waals surface area contributed by atoms with Gasteiger partial charge in [0.25, 0.3) is 0 Å². The van der Waals surface area contributed by atoms with Crippen LogP contribution in [0.15, 0.2) is 67.0 Å². The van der Waals surface area contributed by atoms with E-state index in [2.05, 4.69) is 9.97 Å². The number of nitrogens with zero attached hydrogens (tertiary/aromatic N) is 3. The summed E-state index contributed by atoms with van der Waals surface area (Å²) < 4.78 is 7.46. The molecule has 0 spiro atoms. The van der Waals surface area contributed by atoms with Crippen LogP contribution in [-0.2, 0) is 11.2 Å². The Labute approximate surface area is 154 Å². The smallest absolute Gasteiger partial charge is 0.311 e. The second-order valence-corrected chi connectivity index (χ2v) is 5.92. The maximum Gasteiger partial charge on any atom is 0.311 e. The summed E-state index contributed by atoms with van der Waals surface area (Å²) in [7, 11) is 0. The average molecular weight is 360 g/mol. The lowest BCUT2D eigenvalue weighted by atomic mass is 10.1. The summed E-state index contributed by atoms with van der Waals surface area (Å²) >= 11 is 0. The van der Waals surface area contributed by atoms with Crippen LogP contribution in [0.5, 0.6) is 11.5 Å². The summed E-state index contributed by atoms with van der Waals surface area (Å²) in [6.45, 7) is 0. The lowest BCUT2D eigenvalue weighted by molar-refractivity contribution is -0.136. The van der Waals surface area contributed by atoms with Gasteiger partial charge in [-0.25, -0.2) is 9.97 Å². The van der Waals surface area contributed by atoms with Gasteiger partial charge in [-0.2, -0.15) is 0 Å². The highest BCUT2D eigenvalue weighted by Gasteiger charge is 2.17.